The largest absolute Gasteiger partial charge is 0.497 e. The Bertz CT molecular complexity index is 1280. The van der Waals surface area contributed by atoms with Gasteiger partial charge in [-0.05, 0) is 36.2 Å². The number of aryl methyl sites for hydroxylation is 1. The Balaban J connectivity index is 1.45. The summed E-state index contributed by atoms with van der Waals surface area (Å²) in [5.41, 5.74) is 8.38. The summed E-state index contributed by atoms with van der Waals surface area (Å²) in [7, 11) is 3.15. The highest BCUT2D eigenvalue weighted by Crippen LogP contribution is 2.24. The lowest BCUT2D eigenvalue weighted by Gasteiger charge is -2.10. The Labute approximate surface area is 203 Å². The van der Waals surface area contributed by atoms with Crippen LogP contribution in [0.2, 0.25) is 0 Å². The Kier molecular flexibility index (Phi) is 7.42. The summed E-state index contributed by atoms with van der Waals surface area (Å²) in [6.07, 6.45) is 2.28. The van der Waals surface area contributed by atoms with Crippen LogP contribution < -0.4 is 20.3 Å². The smallest absolute Gasteiger partial charge is 0.273 e. The zero-order chi connectivity index (χ0) is 24.6. The van der Waals surface area contributed by atoms with Crippen LogP contribution in [0.4, 0.5) is 0 Å². The molecule has 0 unspecified atom stereocenters. The third-order valence-electron chi connectivity index (χ3n) is 5.39. The van der Waals surface area contributed by atoms with E-state index in [2.05, 4.69) is 16.0 Å². The minimum absolute atomic E-state index is 0.172. The van der Waals surface area contributed by atoms with Gasteiger partial charge in [-0.15, -0.1) is 0 Å². The number of methoxy groups -OCH3 is 2. The zero-order valence-electron chi connectivity index (χ0n) is 19.5. The van der Waals surface area contributed by atoms with Crippen molar-refractivity contribution in [1.82, 2.24) is 20.6 Å². The number of para-hydroxylation sites is 1. The molecule has 2 N–H and O–H groups in total. The molecule has 1 heterocycles. The van der Waals surface area contributed by atoms with Crippen molar-refractivity contribution >= 4 is 11.8 Å². The first-order valence-corrected chi connectivity index (χ1v) is 11.1. The molecule has 8 heteroatoms. The van der Waals surface area contributed by atoms with Gasteiger partial charge in [0, 0.05) is 24.2 Å². The predicted molar refractivity (Wildman–Crippen MR) is 132 cm³/mol. The van der Waals surface area contributed by atoms with E-state index in [-0.39, 0.29) is 12.3 Å². The highest BCUT2D eigenvalue weighted by atomic mass is 16.5. The summed E-state index contributed by atoms with van der Waals surface area (Å²) in [5, 5.41) is 4.63. The average Bonchev–Trinajstić information content (AvgIpc) is 3.37. The molecule has 35 heavy (non-hydrogen) atoms. The molecule has 0 radical (unpaired) electrons. The van der Waals surface area contributed by atoms with E-state index in [9.17, 15) is 9.59 Å². The number of nitrogens with one attached hydrogen (secondary N) is 2. The number of hydrogen-bond donors (Lipinski definition) is 2. The summed E-state index contributed by atoms with van der Waals surface area (Å²) in [5.74, 6) is 0.521. The number of carbonyl (C=O) groups is 2. The molecular formula is C27H26N4O4. The lowest BCUT2D eigenvalue weighted by Crippen LogP contribution is -2.41. The predicted octanol–water partition coefficient (Wildman–Crippen LogP) is 3.95. The maximum Gasteiger partial charge on any atom is 0.273 e. The SMILES string of the molecule is COc1cc(CCC(=O)NNC(=O)c2cn(-c3ccccc3)nc2-c2ccccc2)cc(OC)c1. The normalized spacial score (nSPS) is 10.5. The summed E-state index contributed by atoms with van der Waals surface area (Å²) < 4.78 is 12.2. The Hall–Kier alpha value is -4.59. The molecule has 0 saturated heterocycles. The van der Waals surface area contributed by atoms with Crippen LogP contribution in [-0.2, 0) is 11.2 Å². The van der Waals surface area contributed by atoms with Crippen LogP contribution in [0.5, 0.6) is 11.5 Å². The number of nitrogens with zero attached hydrogens (tertiary/aromatic N) is 2. The van der Waals surface area contributed by atoms with Gasteiger partial charge in [-0.25, -0.2) is 4.68 Å². The lowest BCUT2D eigenvalue weighted by atomic mass is 10.1. The molecule has 4 rings (SSSR count). The van der Waals surface area contributed by atoms with Crippen molar-refractivity contribution in [2.45, 2.75) is 12.8 Å². The Morgan fingerprint density at radius 3 is 2.11 bits per heavy atom. The van der Waals surface area contributed by atoms with Gasteiger partial charge in [-0.1, -0.05) is 48.5 Å². The monoisotopic (exact) mass is 470 g/mol. The van der Waals surface area contributed by atoms with E-state index >= 15 is 0 Å². The van der Waals surface area contributed by atoms with Gasteiger partial charge in [0.05, 0.1) is 25.5 Å². The van der Waals surface area contributed by atoms with Gasteiger partial charge in [0.2, 0.25) is 5.91 Å². The van der Waals surface area contributed by atoms with Crippen LogP contribution in [0.15, 0.2) is 85.1 Å². The fourth-order valence-electron chi connectivity index (χ4n) is 3.59. The van der Waals surface area contributed by atoms with Crippen LogP contribution in [0.3, 0.4) is 0 Å². The van der Waals surface area contributed by atoms with E-state index in [4.69, 9.17) is 9.47 Å². The van der Waals surface area contributed by atoms with E-state index in [0.717, 1.165) is 16.8 Å². The molecular weight excluding hydrogens is 444 g/mol. The van der Waals surface area contributed by atoms with Gasteiger partial charge >= 0.3 is 0 Å². The van der Waals surface area contributed by atoms with Crippen molar-refractivity contribution in [2.75, 3.05) is 14.2 Å². The van der Waals surface area contributed by atoms with Gasteiger partial charge in [-0.3, -0.25) is 20.4 Å². The average molecular weight is 471 g/mol. The number of hydrazine groups is 1. The third-order valence-corrected chi connectivity index (χ3v) is 5.39. The van der Waals surface area contributed by atoms with Crippen molar-refractivity contribution in [1.29, 1.82) is 0 Å². The highest BCUT2D eigenvalue weighted by molar-refractivity contribution is 6.00. The summed E-state index contributed by atoms with van der Waals surface area (Å²) in [6, 6.07) is 24.4. The quantitative estimate of drug-likeness (QED) is 0.380. The molecule has 4 aromatic rings. The first kappa shape index (κ1) is 23.6. The van der Waals surface area contributed by atoms with Crippen molar-refractivity contribution in [3.8, 4) is 28.4 Å². The summed E-state index contributed by atoms with van der Waals surface area (Å²) in [6.45, 7) is 0. The number of rotatable bonds is 8. The molecule has 8 nitrogen and oxygen atoms in total. The molecule has 0 aliphatic heterocycles. The van der Waals surface area contributed by atoms with Crippen LogP contribution in [0, 0.1) is 0 Å². The fourth-order valence-corrected chi connectivity index (χ4v) is 3.59. The first-order chi connectivity index (χ1) is 17.1. The van der Waals surface area contributed by atoms with E-state index in [0.29, 0.717) is 29.2 Å². The maximum absolute atomic E-state index is 13.0. The molecule has 3 aromatic carbocycles. The van der Waals surface area contributed by atoms with Crippen LogP contribution in [-0.4, -0.2) is 35.8 Å². The number of ether oxygens (including phenoxy) is 2. The molecule has 178 valence electrons. The maximum atomic E-state index is 13.0. The standard InChI is InChI=1S/C27H26N4O4/c1-34-22-15-19(16-23(17-22)35-2)13-14-25(32)28-29-27(33)24-18-31(21-11-7-4-8-12-21)30-26(24)20-9-5-3-6-10-20/h3-12,15-18H,13-14H2,1-2H3,(H,28,32)(H,29,33). The number of amides is 2. The van der Waals surface area contributed by atoms with Crippen molar-refractivity contribution in [3.05, 3.63) is 96.2 Å². The highest BCUT2D eigenvalue weighted by Gasteiger charge is 2.19. The molecule has 0 bridgehead atoms. The Morgan fingerprint density at radius 1 is 0.857 bits per heavy atom. The van der Waals surface area contributed by atoms with Gasteiger partial charge in [0.15, 0.2) is 0 Å². The van der Waals surface area contributed by atoms with Crippen molar-refractivity contribution in [3.63, 3.8) is 0 Å². The molecule has 0 fully saturated rings. The molecule has 0 spiro atoms. The van der Waals surface area contributed by atoms with Gasteiger partial charge < -0.3 is 9.47 Å². The van der Waals surface area contributed by atoms with Gasteiger partial charge in [0.1, 0.15) is 17.2 Å². The fraction of sp³-hybridized carbons (Fsp3) is 0.148. The summed E-state index contributed by atoms with van der Waals surface area (Å²) >= 11 is 0. The van der Waals surface area contributed by atoms with Crippen LogP contribution in [0.25, 0.3) is 16.9 Å². The molecule has 0 aliphatic carbocycles. The second-order valence-corrected chi connectivity index (χ2v) is 7.76. The van der Waals surface area contributed by atoms with Crippen LogP contribution >= 0.6 is 0 Å². The van der Waals surface area contributed by atoms with E-state index < -0.39 is 5.91 Å². The van der Waals surface area contributed by atoms with E-state index in [1.54, 1.807) is 31.2 Å². The number of carbonyl (C=O) groups excluding carboxylic acids is 2. The number of hydrogen-bond acceptors (Lipinski definition) is 5. The molecule has 2 amide bonds. The Morgan fingerprint density at radius 2 is 1.49 bits per heavy atom. The van der Waals surface area contributed by atoms with Crippen molar-refractivity contribution < 1.29 is 19.1 Å². The number of benzene rings is 3. The second kappa shape index (κ2) is 11.0. The topological polar surface area (TPSA) is 94.5 Å². The molecule has 0 atom stereocenters. The van der Waals surface area contributed by atoms with E-state index in [1.807, 2.05) is 72.8 Å². The van der Waals surface area contributed by atoms with Crippen molar-refractivity contribution in [2.24, 2.45) is 0 Å². The summed E-state index contributed by atoms with van der Waals surface area (Å²) in [4.78, 5) is 25.5. The third kappa shape index (κ3) is 5.86. The first-order valence-electron chi connectivity index (χ1n) is 11.1. The van der Waals surface area contributed by atoms with E-state index in [1.165, 1.54) is 0 Å². The minimum Gasteiger partial charge on any atom is -0.497 e. The van der Waals surface area contributed by atoms with Crippen LogP contribution in [0.1, 0.15) is 22.3 Å². The zero-order valence-corrected chi connectivity index (χ0v) is 19.5. The molecule has 0 aliphatic rings. The van der Waals surface area contributed by atoms with Gasteiger partial charge in [-0.2, -0.15) is 5.10 Å². The van der Waals surface area contributed by atoms with Gasteiger partial charge in [0.25, 0.3) is 5.91 Å². The lowest BCUT2D eigenvalue weighted by molar-refractivity contribution is -0.121. The molecule has 0 saturated carbocycles. The number of aromatic nitrogens is 2. The second-order valence-electron chi connectivity index (χ2n) is 7.76. The molecule has 1 aromatic heterocycles. The minimum atomic E-state index is -0.456.